The van der Waals surface area contributed by atoms with Crippen LogP contribution in [-0.2, 0) is 6.54 Å². The summed E-state index contributed by atoms with van der Waals surface area (Å²) in [6.45, 7) is -0.188. The zero-order valence-corrected chi connectivity index (χ0v) is 19.6. The Morgan fingerprint density at radius 3 is 2.40 bits per heavy atom. The van der Waals surface area contributed by atoms with E-state index in [4.69, 9.17) is 0 Å². The minimum absolute atomic E-state index is 0.0320. The second kappa shape index (κ2) is 9.68. The molecule has 184 valence electrons. The Morgan fingerprint density at radius 1 is 1.00 bits per heavy atom. The fraction of sp³-hybridized carbons (Fsp3) is 0.444. The fourth-order valence-corrected chi connectivity index (χ4v) is 5.67. The highest BCUT2D eigenvalue weighted by Crippen LogP contribution is 2.32. The van der Waals surface area contributed by atoms with Gasteiger partial charge in [0, 0.05) is 12.1 Å². The van der Waals surface area contributed by atoms with Gasteiger partial charge < -0.3 is 10.4 Å². The zero-order valence-electron chi connectivity index (χ0n) is 19.6. The summed E-state index contributed by atoms with van der Waals surface area (Å²) in [5.74, 6) is -1.65. The van der Waals surface area contributed by atoms with Crippen LogP contribution in [0, 0.1) is 5.82 Å². The molecule has 1 aromatic heterocycles. The molecule has 2 aliphatic carbocycles. The first-order valence-corrected chi connectivity index (χ1v) is 12.5. The molecule has 0 saturated heterocycles. The number of benzene rings is 2. The van der Waals surface area contributed by atoms with Gasteiger partial charge in [0.15, 0.2) is 0 Å². The second-order valence-corrected chi connectivity index (χ2v) is 9.77. The monoisotopic (exact) mass is 479 g/mol. The number of hydrogen-bond acceptors (Lipinski definition) is 4. The van der Waals surface area contributed by atoms with Crippen LogP contribution in [0.1, 0.15) is 79.8 Å². The van der Waals surface area contributed by atoms with Crippen molar-refractivity contribution in [2.24, 2.45) is 0 Å². The summed E-state index contributed by atoms with van der Waals surface area (Å²) in [6, 6.07) is 9.26. The lowest BCUT2D eigenvalue weighted by Crippen LogP contribution is -2.41. The number of aromatic nitrogens is 2. The highest BCUT2D eigenvalue weighted by molar-refractivity contribution is 5.89. The third-order valence-corrected chi connectivity index (χ3v) is 7.49. The summed E-state index contributed by atoms with van der Waals surface area (Å²) in [7, 11) is 0. The highest BCUT2D eigenvalue weighted by atomic mass is 19.1. The van der Waals surface area contributed by atoms with Crippen LogP contribution in [0.4, 0.5) is 10.1 Å². The number of nitrogens with zero attached hydrogens (tertiary/aromatic N) is 2. The van der Waals surface area contributed by atoms with Gasteiger partial charge in [0.2, 0.25) is 0 Å². The molecule has 0 unspecified atom stereocenters. The molecule has 35 heavy (non-hydrogen) atoms. The van der Waals surface area contributed by atoms with Crippen LogP contribution in [0.3, 0.4) is 0 Å². The fourth-order valence-electron chi connectivity index (χ4n) is 5.67. The number of carboxylic acids is 1. The van der Waals surface area contributed by atoms with Gasteiger partial charge >= 0.3 is 11.7 Å². The van der Waals surface area contributed by atoms with E-state index in [1.165, 1.54) is 18.6 Å². The molecule has 7 nitrogen and oxygen atoms in total. The molecule has 0 aliphatic heterocycles. The number of halogens is 1. The van der Waals surface area contributed by atoms with Crippen LogP contribution in [0.15, 0.2) is 46.0 Å². The van der Waals surface area contributed by atoms with Gasteiger partial charge in [0.25, 0.3) is 5.56 Å². The molecule has 0 amide bonds. The average Bonchev–Trinajstić information content (AvgIpc) is 3.38. The normalized spacial score (nSPS) is 17.2. The lowest BCUT2D eigenvalue weighted by atomic mass is 9.95. The quantitative estimate of drug-likeness (QED) is 0.524. The lowest BCUT2D eigenvalue weighted by molar-refractivity contribution is 0.0695. The smallest absolute Gasteiger partial charge is 0.336 e. The summed E-state index contributed by atoms with van der Waals surface area (Å²) in [4.78, 5) is 38.9. The van der Waals surface area contributed by atoms with E-state index >= 15 is 4.39 Å². The molecule has 2 N–H and O–H groups in total. The Labute approximate surface area is 202 Å². The Kier molecular flexibility index (Phi) is 6.45. The molecule has 2 saturated carbocycles. The summed E-state index contributed by atoms with van der Waals surface area (Å²) in [5.41, 5.74) is 0.0581. The molecule has 2 aliphatic rings. The van der Waals surface area contributed by atoms with Crippen molar-refractivity contribution in [3.8, 4) is 0 Å². The van der Waals surface area contributed by atoms with Gasteiger partial charge in [0.05, 0.1) is 28.7 Å². The SMILES string of the molecule is O=C(O)c1ccccc1Cn1c(=O)c2cc(F)c(NC3CCCCC3)cc2n(C2CCCC2)c1=O. The first-order chi connectivity index (χ1) is 16.9. The van der Waals surface area contributed by atoms with E-state index in [1.807, 2.05) is 0 Å². The minimum Gasteiger partial charge on any atom is -0.478 e. The molecule has 5 rings (SSSR count). The van der Waals surface area contributed by atoms with Crippen LogP contribution >= 0.6 is 0 Å². The second-order valence-electron chi connectivity index (χ2n) is 9.77. The number of carbonyl (C=O) groups is 1. The third-order valence-electron chi connectivity index (χ3n) is 7.49. The Balaban J connectivity index is 1.67. The third kappa shape index (κ3) is 4.49. The number of nitrogens with one attached hydrogen (secondary N) is 1. The molecule has 0 bridgehead atoms. The van der Waals surface area contributed by atoms with Gasteiger partial charge in [-0.05, 0) is 49.4 Å². The van der Waals surface area contributed by atoms with E-state index in [2.05, 4.69) is 5.32 Å². The van der Waals surface area contributed by atoms with Crippen molar-refractivity contribution in [3.63, 3.8) is 0 Å². The zero-order chi connectivity index (χ0) is 24.5. The molecular weight excluding hydrogens is 449 g/mol. The number of carboxylic acid groups (broad SMARTS) is 1. The first kappa shape index (κ1) is 23.3. The Hall–Kier alpha value is -3.42. The predicted octanol–water partition coefficient (Wildman–Crippen LogP) is 4.91. The van der Waals surface area contributed by atoms with E-state index in [9.17, 15) is 19.5 Å². The number of fused-ring (bicyclic) bond motifs is 1. The standard InChI is InChI=1S/C27H30FN3O4/c28-22-14-21-24(15-23(22)29-18-9-2-1-3-10-18)31(19-11-5-6-12-19)27(35)30(25(21)32)16-17-8-4-7-13-20(17)26(33)34/h4,7-8,13-15,18-19,29H,1-3,5-6,9-12,16H2,(H,33,34). The van der Waals surface area contributed by atoms with Gasteiger partial charge in [-0.25, -0.2) is 14.0 Å². The topological polar surface area (TPSA) is 93.3 Å². The number of rotatable bonds is 6. The molecule has 0 atom stereocenters. The van der Waals surface area contributed by atoms with Crippen LogP contribution in [-0.4, -0.2) is 26.3 Å². The van der Waals surface area contributed by atoms with Crippen molar-refractivity contribution < 1.29 is 14.3 Å². The minimum atomic E-state index is -1.13. The largest absolute Gasteiger partial charge is 0.478 e. The van der Waals surface area contributed by atoms with E-state index in [0.29, 0.717) is 16.8 Å². The van der Waals surface area contributed by atoms with Crippen LogP contribution in [0.25, 0.3) is 10.9 Å². The molecule has 1 heterocycles. The van der Waals surface area contributed by atoms with Crippen LogP contribution in [0.2, 0.25) is 0 Å². The van der Waals surface area contributed by atoms with Gasteiger partial charge in [-0.15, -0.1) is 0 Å². The molecule has 8 heteroatoms. The summed E-state index contributed by atoms with van der Waals surface area (Å²) < 4.78 is 17.9. The van der Waals surface area contributed by atoms with Gasteiger partial charge in [-0.1, -0.05) is 50.3 Å². The van der Waals surface area contributed by atoms with E-state index < -0.39 is 23.0 Å². The van der Waals surface area contributed by atoms with E-state index in [0.717, 1.165) is 55.9 Å². The maximum Gasteiger partial charge on any atom is 0.336 e. The van der Waals surface area contributed by atoms with E-state index in [-0.39, 0.29) is 29.6 Å². The van der Waals surface area contributed by atoms with Crippen LogP contribution in [0.5, 0.6) is 0 Å². The summed E-state index contributed by atoms with van der Waals surface area (Å²) in [6.07, 6.45) is 8.90. The maximum absolute atomic E-state index is 15.2. The van der Waals surface area contributed by atoms with E-state index in [1.54, 1.807) is 28.8 Å². The Bertz CT molecular complexity index is 1380. The Morgan fingerprint density at radius 2 is 1.69 bits per heavy atom. The highest BCUT2D eigenvalue weighted by Gasteiger charge is 2.25. The average molecular weight is 480 g/mol. The number of hydrogen-bond donors (Lipinski definition) is 2. The number of aromatic carboxylic acids is 1. The van der Waals surface area contributed by atoms with Gasteiger partial charge in [-0.2, -0.15) is 0 Å². The lowest BCUT2D eigenvalue weighted by Gasteiger charge is -2.25. The maximum atomic E-state index is 15.2. The molecule has 2 aromatic carbocycles. The molecule has 0 radical (unpaired) electrons. The van der Waals surface area contributed by atoms with Crippen LogP contribution < -0.4 is 16.6 Å². The van der Waals surface area contributed by atoms with Crippen molar-refractivity contribution in [1.29, 1.82) is 0 Å². The van der Waals surface area contributed by atoms with Gasteiger partial charge in [0.1, 0.15) is 5.82 Å². The van der Waals surface area contributed by atoms with Crippen molar-refractivity contribution in [2.45, 2.75) is 76.4 Å². The van der Waals surface area contributed by atoms with Crippen molar-refractivity contribution in [3.05, 3.63) is 74.2 Å². The molecule has 0 spiro atoms. The van der Waals surface area contributed by atoms with Crippen molar-refractivity contribution in [1.82, 2.24) is 9.13 Å². The van der Waals surface area contributed by atoms with Gasteiger partial charge in [-0.3, -0.25) is 13.9 Å². The summed E-state index contributed by atoms with van der Waals surface area (Å²) >= 11 is 0. The number of anilines is 1. The van der Waals surface area contributed by atoms with Crippen molar-refractivity contribution >= 4 is 22.6 Å². The van der Waals surface area contributed by atoms with Crippen molar-refractivity contribution in [2.75, 3.05) is 5.32 Å². The summed E-state index contributed by atoms with van der Waals surface area (Å²) in [5, 5.41) is 13.0. The first-order valence-electron chi connectivity index (χ1n) is 12.5. The molecular formula is C27H30FN3O4. The molecule has 3 aromatic rings. The predicted molar refractivity (Wildman–Crippen MR) is 133 cm³/mol. The molecule has 2 fully saturated rings.